The van der Waals surface area contributed by atoms with Gasteiger partial charge in [-0.15, -0.1) is 0 Å². The fourth-order valence-electron chi connectivity index (χ4n) is 2.87. The molecule has 1 heterocycles. The second kappa shape index (κ2) is 7.23. The summed E-state index contributed by atoms with van der Waals surface area (Å²) in [6.45, 7) is 0.847. The van der Waals surface area contributed by atoms with E-state index in [9.17, 15) is 19.5 Å². The number of carboxylic acid groups (broad SMARTS) is 1. The lowest BCUT2D eigenvalue weighted by Crippen LogP contribution is -2.46. The van der Waals surface area contributed by atoms with E-state index in [1.54, 1.807) is 24.3 Å². The summed E-state index contributed by atoms with van der Waals surface area (Å²) in [6.07, 6.45) is 2.63. The van der Waals surface area contributed by atoms with Crippen molar-refractivity contribution in [3.8, 4) is 0 Å². The molecule has 1 saturated heterocycles. The molecule has 0 radical (unpaired) electrons. The van der Waals surface area contributed by atoms with Gasteiger partial charge in [-0.3, -0.25) is 14.4 Å². The highest BCUT2D eigenvalue weighted by molar-refractivity contribution is 5.97. The Morgan fingerprint density at radius 2 is 1.76 bits per heavy atom. The minimum Gasteiger partial charge on any atom is -0.481 e. The van der Waals surface area contributed by atoms with Gasteiger partial charge in [-0.05, 0) is 49.9 Å². The van der Waals surface area contributed by atoms with Crippen LogP contribution in [-0.2, 0) is 14.3 Å². The lowest BCUT2D eigenvalue weighted by molar-refractivity contribution is -0.154. The maximum absolute atomic E-state index is 12.3. The van der Waals surface area contributed by atoms with Gasteiger partial charge in [0.25, 0.3) is 5.91 Å². The third-order valence-corrected chi connectivity index (χ3v) is 4.85. The zero-order valence-corrected chi connectivity index (χ0v) is 13.9. The number of anilines is 1. The molecule has 1 aromatic carbocycles. The summed E-state index contributed by atoms with van der Waals surface area (Å²) in [5, 5.41) is 15.0. The molecule has 0 unspecified atom stereocenters. The number of benzene rings is 1. The average Bonchev–Trinajstić information content (AvgIpc) is 3.46. The number of hydrogen-bond acceptors (Lipinski definition) is 4. The maximum Gasteiger partial charge on any atom is 0.311 e. The highest BCUT2D eigenvalue weighted by atomic mass is 16.5. The number of rotatable bonds is 6. The third kappa shape index (κ3) is 4.17. The molecule has 7 nitrogen and oxygen atoms in total. The second-order valence-electron chi connectivity index (χ2n) is 6.72. The molecule has 0 spiro atoms. The highest BCUT2D eigenvalue weighted by Crippen LogP contribution is 2.31. The highest BCUT2D eigenvalue weighted by Gasteiger charge is 2.40. The van der Waals surface area contributed by atoms with Gasteiger partial charge in [0.15, 0.2) is 0 Å². The van der Waals surface area contributed by atoms with Crippen LogP contribution in [-0.4, -0.2) is 42.6 Å². The summed E-state index contributed by atoms with van der Waals surface area (Å²) in [5.74, 6) is -1.10. The van der Waals surface area contributed by atoms with E-state index < -0.39 is 11.4 Å². The maximum atomic E-state index is 12.3. The molecule has 1 saturated carbocycles. The molecular formula is C18H22N2O5. The van der Waals surface area contributed by atoms with Gasteiger partial charge in [-0.1, -0.05) is 0 Å². The quantitative estimate of drug-likeness (QED) is 0.726. The van der Waals surface area contributed by atoms with E-state index in [4.69, 9.17) is 4.74 Å². The molecule has 3 N–H and O–H groups in total. The number of ether oxygens (including phenoxy) is 1. The van der Waals surface area contributed by atoms with Crippen molar-refractivity contribution >= 4 is 23.5 Å². The topological polar surface area (TPSA) is 105 Å². The molecule has 2 aliphatic rings. The summed E-state index contributed by atoms with van der Waals surface area (Å²) in [5.41, 5.74) is 0.114. The number of hydrogen-bond donors (Lipinski definition) is 3. The molecule has 1 aromatic rings. The minimum atomic E-state index is -0.966. The molecule has 3 rings (SSSR count). The zero-order chi connectivity index (χ0) is 17.9. The van der Waals surface area contributed by atoms with Crippen molar-refractivity contribution in [1.29, 1.82) is 0 Å². The van der Waals surface area contributed by atoms with Crippen molar-refractivity contribution < 1.29 is 24.2 Å². The monoisotopic (exact) mass is 346 g/mol. The van der Waals surface area contributed by atoms with Gasteiger partial charge in [0.1, 0.15) is 0 Å². The first kappa shape index (κ1) is 17.4. The van der Waals surface area contributed by atoms with Crippen LogP contribution < -0.4 is 10.6 Å². The first-order valence-corrected chi connectivity index (χ1v) is 8.50. The predicted molar refractivity (Wildman–Crippen MR) is 90.3 cm³/mol. The van der Waals surface area contributed by atoms with E-state index in [1.165, 1.54) is 0 Å². The number of amides is 2. The molecule has 2 amide bonds. The first-order valence-electron chi connectivity index (χ1n) is 8.50. The summed E-state index contributed by atoms with van der Waals surface area (Å²) in [7, 11) is 0. The summed E-state index contributed by atoms with van der Waals surface area (Å²) in [6, 6.07) is 6.59. The Morgan fingerprint density at radius 1 is 1.12 bits per heavy atom. The van der Waals surface area contributed by atoms with Crippen LogP contribution in [0.25, 0.3) is 0 Å². The van der Waals surface area contributed by atoms with E-state index in [1.807, 2.05) is 0 Å². The largest absolute Gasteiger partial charge is 0.481 e. The van der Waals surface area contributed by atoms with E-state index in [0.29, 0.717) is 37.3 Å². The van der Waals surface area contributed by atoms with Crippen molar-refractivity contribution in [2.24, 2.45) is 11.3 Å². The standard InChI is InChI=1S/C18H22N2O5/c21-15(19-11-18(17(23)24)7-9-25-10-8-18)12-3-5-14(6-4-12)20-16(22)13-1-2-13/h3-6,13H,1-2,7-11H2,(H,19,21)(H,20,22)(H,23,24). The zero-order valence-electron chi connectivity index (χ0n) is 13.9. The van der Waals surface area contributed by atoms with Crippen molar-refractivity contribution in [1.82, 2.24) is 5.32 Å². The van der Waals surface area contributed by atoms with Crippen molar-refractivity contribution in [3.05, 3.63) is 29.8 Å². The van der Waals surface area contributed by atoms with Crippen LogP contribution in [0, 0.1) is 11.3 Å². The number of carboxylic acids is 1. The SMILES string of the molecule is O=C(NCC1(C(=O)O)CCOCC1)c1ccc(NC(=O)C2CC2)cc1. The lowest BCUT2D eigenvalue weighted by atomic mass is 9.80. The van der Waals surface area contributed by atoms with Crippen LogP contribution in [0.4, 0.5) is 5.69 Å². The summed E-state index contributed by atoms with van der Waals surface area (Å²) in [4.78, 5) is 35.6. The number of nitrogens with one attached hydrogen (secondary N) is 2. The second-order valence-corrected chi connectivity index (χ2v) is 6.72. The molecule has 0 atom stereocenters. The van der Waals surface area contributed by atoms with Crippen molar-refractivity contribution in [3.63, 3.8) is 0 Å². The van der Waals surface area contributed by atoms with Gasteiger partial charge in [0.2, 0.25) is 5.91 Å². The molecule has 1 aliphatic heterocycles. The van der Waals surface area contributed by atoms with E-state index in [-0.39, 0.29) is 24.3 Å². The van der Waals surface area contributed by atoms with Crippen LogP contribution in [0.15, 0.2) is 24.3 Å². The minimum absolute atomic E-state index is 0.0140. The third-order valence-electron chi connectivity index (χ3n) is 4.85. The van der Waals surface area contributed by atoms with E-state index >= 15 is 0 Å². The van der Waals surface area contributed by atoms with Crippen LogP contribution in [0.2, 0.25) is 0 Å². The molecular weight excluding hydrogens is 324 g/mol. The molecule has 0 bridgehead atoms. The fourth-order valence-corrected chi connectivity index (χ4v) is 2.87. The van der Waals surface area contributed by atoms with Crippen LogP contribution in [0.3, 0.4) is 0 Å². The number of carbonyl (C=O) groups excluding carboxylic acids is 2. The van der Waals surface area contributed by atoms with Gasteiger partial charge >= 0.3 is 5.97 Å². The van der Waals surface area contributed by atoms with Gasteiger partial charge in [-0.2, -0.15) is 0 Å². The summed E-state index contributed by atoms with van der Waals surface area (Å²) < 4.78 is 5.22. The molecule has 134 valence electrons. The van der Waals surface area contributed by atoms with Gasteiger partial charge in [0, 0.05) is 36.9 Å². The molecule has 0 aromatic heterocycles. The Morgan fingerprint density at radius 3 is 2.32 bits per heavy atom. The smallest absolute Gasteiger partial charge is 0.311 e. The lowest BCUT2D eigenvalue weighted by Gasteiger charge is -2.33. The Balaban J connectivity index is 1.57. The fraction of sp³-hybridized carbons (Fsp3) is 0.500. The number of aliphatic carboxylic acids is 1. The number of carbonyl (C=O) groups is 3. The molecule has 1 aliphatic carbocycles. The van der Waals surface area contributed by atoms with Crippen LogP contribution >= 0.6 is 0 Å². The average molecular weight is 346 g/mol. The molecule has 2 fully saturated rings. The van der Waals surface area contributed by atoms with E-state index in [2.05, 4.69) is 10.6 Å². The van der Waals surface area contributed by atoms with Gasteiger partial charge in [0.05, 0.1) is 5.41 Å². The first-order chi connectivity index (χ1) is 12.0. The molecule has 7 heteroatoms. The Labute approximate surface area is 145 Å². The van der Waals surface area contributed by atoms with Gasteiger partial charge in [-0.25, -0.2) is 0 Å². The van der Waals surface area contributed by atoms with Crippen molar-refractivity contribution in [2.45, 2.75) is 25.7 Å². The van der Waals surface area contributed by atoms with E-state index in [0.717, 1.165) is 12.8 Å². The Bertz CT molecular complexity index is 661. The van der Waals surface area contributed by atoms with Gasteiger partial charge < -0.3 is 20.5 Å². The Kier molecular flexibility index (Phi) is 5.03. The summed E-state index contributed by atoms with van der Waals surface area (Å²) >= 11 is 0. The van der Waals surface area contributed by atoms with Crippen LogP contribution in [0.1, 0.15) is 36.0 Å². The Hall–Kier alpha value is -2.41. The normalized spacial score (nSPS) is 19.0. The predicted octanol–water partition coefficient (Wildman–Crippen LogP) is 1.65. The van der Waals surface area contributed by atoms with Crippen LogP contribution in [0.5, 0.6) is 0 Å². The molecule has 25 heavy (non-hydrogen) atoms. The van der Waals surface area contributed by atoms with Crippen molar-refractivity contribution in [2.75, 3.05) is 25.1 Å².